The molecule has 1 aliphatic rings. The van der Waals surface area contributed by atoms with Gasteiger partial charge in [-0.05, 0) is 54.7 Å². The lowest BCUT2D eigenvalue weighted by Gasteiger charge is -2.33. The van der Waals surface area contributed by atoms with E-state index in [4.69, 9.17) is 10.5 Å². The smallest absolute Gasteiger partial charge is 0.222 e. The van der Waals surface area contributed by atoms with Crippen LogP contribution < -0.4 is 10.5 Å². The van der Waals surface area contributed by atoms with E-state index in [-0.39, 0.29) is 23.6 Å². The van der Waals surface area contributed by atoms with Crippen molar-refractivity contribution < 1.29 is 13.9 Å². The largest absolute Gasteiger partial charge is 0.497 e. The zero-order valence-corrected chi connectivity index (χ0v) is 18.1. The van der Waals surface area contributed by atoms with Gasteiger partial charge in [0, 0.05) is 37.2 Å². The van der Waals surface area contributed by atoms with Gasteiger partial charge in [0.2, 0.25) is 11.9 Å². The second-order valence-electron chi connectivity index (χ2n) is 8.06. The van der Waals surface area contributed by atoms with Gasteiger partial charge in [-0.2, -0.15) is 0 Å². The molecule has 1 fully saturated rings. The number of hydrogen-bond donors (Lipinski definition) is 1. The summed E-state index contributed by atoms with van der Waals surface area (Å²) in [5, 5.41) is 0. The molecule has 1 saturated heterocycles. The Balaban J connectivity index is 1.47. The van der Waals surface area contributed by atoms with Crippen LogP contribution in [0.15, 0.2) is 54.7 Å². The predicted octanol–water partition coefficient (Wildman–Crippen LogP) is 4.21. The van der Waals surface area contributed by atoms with E-state index in [2.05, 4.69) is 9.97 Å². The highest BCUT2D eigenvalue weighted by molar-refractivity contribution is 5.77. The van der Waals surface area contributed by atoms with Crippen LogP contribution in [0, 0.1) is 5.82 Å². The number of methoxy groups -OCH3 is 1. The number of ether oxygens (including phenoxy) is 1. The van der Waals surface area contributed by atoms with Crippen LogP contribution in [0.4, 0.5) is 10.3 Å². The molecule has 32 heavy (non-hydrogen) atoms. The average Bonchev–Trinajstić information content (AvgIpc) is 2.83. The van der Waals surface area contributed by atoms with Crippen molar-refractivity contribution in [2.75, 3.05) is 25.9 Å². The SMILES string of the molecule is COc1ccc(CCC(=O)N2CCC[C@@H](c3nc(N)ncc3-c3cccc(F)c3)C2)cc1. The Hall–Kier alpha value is -3.48. The lowest BCUT2D eigenvalue weighted by molar-refractivity contribution is -0.132. The van der Waals surface area contributed by atoms with Gasteiger partial charge in [0.25, 0.3) is 0 Å². The zero-order valence-electron chi connectivity index (χ0n) is 18.1. The van der Waals surface area contributed by atoms with Crippen molar-refractivity contribution in [3.63, 3.8) is 0 Å². The van der Waals surface area contributed by atoms with Crippen molar-refractivity contribution in [1.29, 1.82) is 0 Å². The van der Waals surface area contributed by atoms with Crippen LogP contribution in [0.25, 0.3) is 11.1 Å². The normalized spacial score (nSPS) is 16.1. The summed E-state index contributed by atoms with van der Waals surface area (Å²) in [6.45, 7) is 1.30. The molecule has 2 N–H and O–H groups in total. The maximum Gasteiger partial charge on any atom is 0.222 e. The second-order valence-corrected chi connectivity index (χ2v) is 8.06. The molecule has 1 atom stereocenters. The summed E-state index contributed by atoms with van der Waals surface area (Å²) in [5.41, 5.74) is 9.23. The standard InChI is InChI=1S/C25H27FN4O2/c1-32-21-10-7-17(8-11-21)9-12-23(31)30-13-3-5-19(16-30)24-22(15-28-25(27)29-24)18-4-2-6-20(26)14-18/h2,4,6-8,10-11,14-15,19H,3,5,9,12-13,16H2,1H3,(H2,27,28,29)/t19-/m1/s1. The number of carbonyl (C=O) groups is 1. The molecule has 0 unspecified atom stereocenters. The molecule has 7 heteroatoms. The maximum absolute atomic E-state index is 13.8. The van der Waals surface area contributed by atoms with Crippen molar-refractivity contribution in [2.45, 2.75) is 31.6 Å². The predicted molar refractivity (Wildman–Crippen MR) is 122 cm³/mol. The summed E-state index contributed by atoms with van der Waals surface area (Å²) in [5.74, 6) is 0.821. The molecule has 3 aromatic rings. The second kappa shape index (κ2) is 9.77. The molecule has 1 aliphatic heterocycles. The number of carbonyl (C=O) groups excluding carboxylic acids is 1. The number of benzene rings is 2. The number of anilines is 1. The average molecular weight is 435 g/mol. The Kier molecular flexibility index (Phi) is 6.63. The molecule has 166 valence electrons. The molecule has 2 heterocycles. The van der Waals surface area contributed by atoms with Crippen LogP contribution in [0.5, 0.6) is 5.75 Å². The van der Waals surface area contributed by atoms with Crippen molar-refractivity contribution in [2.24, 2.45) is 0 Å². The third kappa shape index (κ3) is 5.04. The Labute approximate surface area is 187 Å². The van der Waals surface area contributed by atoms with Gasteiger partial charge in [-0.15, -0.1) is 0 Å². The van der Waals surface area contributed by atoms with E-state index in [9.17, 15) is 9.18 Å². The number of hydrogen-bond acceptors (Lipinski definition) is 5. The molecular weight excluding hydrogens is 407 g/mol. The van der Waals surface area contributed by atoms with Gasteiger partial charge in [0.05, 0.1) is 12.8 Å². The van der Waals surface area contributed by atoms with Gasteiger partial charge in [-0.3, -0.25) is 4.79 Å². The highest BCUT2D eigenvalue weighted by Crippen LogP contribution is 2.33. The molecule has 1 aromatic heterocycles. The molecule has 0 aliphatic carbocycles. The molecule has 6 nitrogen and oxygen atoms in total. The number of aromatic nitrogens is 2. The van der Waals surface area contributed by atoms with Crippen LogP contribution in [0.1, 0.15) is 36.4 Å². The minimum atomic E-state index is -0.316. The van der Waals surface area contributed by atoms with Crippen molar-refractivity contribution in [1.82, 2.24) is 14.9 Å². The minimum absolute atomic E-state index is 0.0252. The fourth-order valence-corrected chi connectivity index (χ4v) is 4.23. The number of piperidine rings is 1. The van der Waals surface area contributed by atoms with Crippen molar-refractivity contribution >= 4 is 11.9 Å². The molecule has 0 spiro atoms. The number of aryl methyl sites for hydroxylation is 1. The van der Waals surface area contributed by atoms with E-state index >= 15 is 0 Å². The van der Waals surface area contributed by atoms with Crippen molar-refractivity contribution in [3.05, 3.63) is 71.8 Å². The van der Waals surface area contributed by atoms with Crippen LogP contribution in [-0.4, -0.2) is 41.0 Å². The van der Waals surface area contributed by atoms with E-state index in [0.29, 0.717) is 24.9 Å². The maximum atomic E-state index is 13.8. The monoisotopic (exact) mass is 434 g/mol. The van der Waals surface area contributed by atoms with E-state index in [1.807, 2.05) is 35.2 Å². The summed E-state index contributed by atoms with van der Waals surface area (Å²) in [7, 11) is 1.64. The number of rotatable bonds is 6. The number of nitrogens with two attached hydrogens (primary N) is 1. The van der Waals surface area contributed by atoms with Crippen molar-refractivity contribution in [3.8, 4) is 16.9 Å². The Morgan fingerprint density at radius 3 is 2.81 bits per heavy atom. The highest BCUT2D eigenvalue weighted by atomic mass is 19.1. The van der Waals surface area contributed by atoms with E-state index in [1.54, 1.807) is 19.4 Å². The number of halogens is 1. The first-order chi connectivity index (χ1) is 15.5. The fraction of sp³-hybridized carbons (Fsp3) is 0.320. The van der Waals surface area contributed by atoms with Crippen LogP contribution >= 0.6 is 0 Å². The first kappa shape index (κ1) is 21.7. The topological polar surface area (TPSA) is 81.3 Å². The summed E-state index contributed by atoms with van der Waals surface area (Å²) in [4.78, 5) is 23.5. The molecule has 4 rings (SSSR count). The molecule has 2 aromatic carbocycles. The van der Waals surface area contributed by atoms with Gasteiger partial charge < -0.3 is 15.4 Å². The summed E-state index contributed by atoms with van der Waals surface area (Å²) < 4.78 is 19.0. The lowest BCUT2D eigenvalue weighted by atomic mass is 9.89. The third-order valence-electron chi connectivity index (χ3n) is 5.92. The van der Waals surface area contributed by atoms with Gasteiger partial charge in [0.1, 0.15) is 11.6 Å². The Bertz CT molecular complexity index is 1090. The summed E-state index contributed by atoms with van der Waals surface area (Å²) >= 11 is 0. The highest BCUT2D eigenvalue weighted by Gasteiger charge is 2.28. The summed E-state index contributed by atoms with van der Waals surface area (Å²) in [6.07, 6.45) is 4.55. The molecule has 1 amide bonds. The van der Waals surface area contributed by atoms with E-state index in [0.717, 1.165) is 42.0 Å². The zero-order chi connectivity index (χ0) is 22.5. The quantitative estimate of drug-likeness (QED) is 0.628. The third-order valence-corrected chi connectivity index (χ3v) is 5.92. The fourth-order valence-electron chi connectivity index (χ4n) is 4.23. The number of amides is 1. The van der Waals surface area contributed by atoms with Gasteiger partial charge in [-0.1, -0.05) is 24.3 Å². The molecule has 0 saturated carbocycles. The van der Waals surface area contributed by atoms with Gasteiger partial charge >= 0.3 is 0 Å². The molecule has 0 radical (unpaired) electrons. The van der Waals surface area contributed by atoms with E-state index < -0.39 is 0 Å². The van der Waals surface area contributed by atoms with Gasteiger partial charge in [-0.25, -0.2) is 14.4 Å². The van der Waals surface area contributed by atoms with Crippen LogP contribution in [-0.2, 0) is 11.2 Å². The van der Waals surface area contributed by atoms with Crippen LogP contribution in [0.3, 0.4) is 0 Å². The number of nitrogens with zero attached hydrogens (tertiary/aromatic N) is 3. The summed E-state index contributed by atoms with van der Waals surface area (Å²) in [6, 6.07) is 14.2. The van der Waals surface area contributed by atoms with E-state index in [1.165, 1.54) is 12.1 Å². The first-order valence-electron chi connectivity index (χ1n) is 10.8. The number of nitrogen functional groups attached to an aromatic ring is 1. The first-order valence-corrected chi connectivity index (χ1v) is 10.8. The van der Waals surface area contributed by atoms with Gasteiger partial charge in [0.15, 0.2) is 0 Å². The molecular formula is C25H27FN4O2. The Morgan fingerprint density at radius 2 is 2.06 bits per heavy atom. The molecule has 0 bridgehead atoms. The Morgan fingerprint density at radius 1 is 1.25 bits per heavy atom. The number of likely N-dealkylation sites (tertiary alicyclic amines) is 1. The van der Waals surface area contributed by atoms with Crippen LogP contribution in [0.2, 0.25) is 0 Å². The minimum Gasteiger partial charge on any atom is -0.497 e. The lowest BCUT2D eigenvalue weighted by Crippen LogP contribution is -2.39.